The maximum absolute atomic E-state index is 12.5. The van der Waals surface area contributed by atoms with Crippen molar-refractivity contribution in [3.63, 3.8) is 0 Å². The van der Waals surface area contributed by atoms with Crippen molar-refractivity contribution >= 4 is 27.7 Å². The fourth-order valence-electron chi connectivity index (χ4n) is 4.94. The molecule has 5 rings (SSSR count). The maximum atomic E-state index is 12.5. The molecule has 0 aliphatic heterocycles. The van der Waals surface area contributed by atoms with E-state index < -0.39 is 0 Å². The molecule has 1 saturated carbocycles. The normalized spacial score (nSPS) is 14.5. The molecule has 0 saturated heterocycles. The average molecular weight is 442 g/mol. The summed E-state index contributed by atoms with van der Waals surface area (Å²) in [5, 5.41) is 5.46. The Morgan fingerprint density at radius 3 is 2.67 bits per heavy atom. The van der Waals surface area contributed by atoms with Crippen molar-refractivity contribution in [1.82, 2.24) is 14.9 Å². The molecule has 0 spiro atoms. The average Bonchev–Trinajstić information content (AvgIpc) is 3.22. The molecule has 170 valence electrons. The standard InChI is InChI=1S/C28H31N3O2/c32-28(22-10-2-1-3-11-22)29-18-17-27-30-24-14-6-7-15-25(24)31(27)19-20-33-26-16-8-12-21-9-4-5-13-23(21)26/h4-9,12-16,22H,1-3,10-11,17-20H2,(H,29,32). The summed E-state index contributed by atoms with van der Waals surface area (Å²) < 4.78 is 8.43. The van der Waals surface area contributed by atoms with Gasteiger partial charge in [-0.1, -0.05) is 67.8 Å². The Morgan fingerprint density at radius 1 is 0.970 bits per heavy atom. The molecule has 33 heavy (non-hydrogen) atoms. The number of carbonyl (C=O) groups is 1. The Hall–Kier alpha value is -3.34. The lowest BCUT2D eigenvalue weighted by atomic mass is 9.89. The summed E-state index contributed by atoms with van der Waals surface area (Å²) >= 11 is 0. The van der Waals surface area contributed by atoms with Gasteiger partial charge in [0.25, 0.3) is 0 Å². The van der Waals surface area contributed by atoms with E-state index in [2.05, 4.69) is 34.1 Å². The van der Waals surface area contributed by atoms with Crippen molar-refractivity contribution in [2.75, 3.05) is 13.2 Å². The number of rotatable bonds is 8. The number of amides is 1. The first kappa shape index (κ1) is 21.5. The molecule has 0 radical (unpaired) electrons. The van der Waals surface area contributed by atoms with E-state index in [-0.39, 0.29) is 11.8 Å². The van der Waals surface area contributed by atoms with E-state index in [1.54, 1.807) is 0 Å². The van der Waals surface area contributed by atoms with Crippen LogP contribution in [0.2, 0.25) is 0 Å². The molecular formula is C28H31N3O2. The number of ether oxygens (including phenoxy) is 1. The fourth-order valence-corrected chi connectivity index (χ4v) is 4.94. The fraction of sp³-hybridized carbons (Fsp3) is 0.357. The number of hydrogen-bond acceptors (Lipinski definition) is 3. The van der Waals surface area contributed by atoms with Gasteiger partial charge in [0.05, 0.1) is 17.6 Å². The zero-order chi connectivity index (χ0) is 22.5. The minimum atomic E-state index is 0.187. The molecule has 1 amide bonds. The molecule has 5 nitrogen and oxygen atoms in total. The van der Waals surface area contributed by atoms with E-state index in [1.807, 2.05) is 42.5 Å². The van der Waals surface area contributed by atoms with Crippen molar-refractivity contribution < 1.29 is 9.53 Å². The molecule has 1 aliphatic rings. The molecule has 1 heterocycles. The van der Waals surface area contributed by atoms with Crippen LogP contribution in [0.3, 0.4) is 0 Å². The van der Waals surface area contributed by atoms with Crippen molar-refractivity contribution in [2.45, 2.75) is 45.1 Å². The summed E-state index contributed by atoms with van der Waals surface area (Å²) in [4.78, 5) is 17.4. The number of imidazole rings is 1. The third-order valence-electron chi connectivity index (χ3n) is 6.68. The maximum Gasteiger partial charge on any atom is 0.223 e. The lowest BCUT2D eigenvalue weighted by molar-refractivity contribution is -0.125. The van der Waals surface area contributed by atoms with Crippen molar-refractivity contribution in [3.05, 3.63) is 72.6 Å². The van der Waals surface area contributed by atoms with E-state index in [4.69, 9.17) is 9.72 Å². The quantitative estimate of drug-likeness (QED) is 0.392. The highest BCUT2D eigenvalue weighted by Crippen LogP contribution is 2.26. The molecular weight excluding hydrogens is 410 g/mol. The third kappa shape index (κ3) is 4.87. The first-order valence-corrected chi connectivity index (χ1v) is 12.1. The lowest BCUT2D eigenvalue weighted by Gasteiger charge is -2.20. The van der Waals surface area contributed by atoms with Crippen LogP contribution in [0.1, 0.15) is 37.9 Å². The summed E-state index contributed by atoms with van der Waals surface area (Å²) in [6.45, 7) is 1.87. The summed E-state index contributed by atoms with van der Waals surface area (Å²) in [7, 11) is 0. The summed E-state index contributed by atoms with van der Waals surface area (Å²) in [6, 6.07) is 22.6. The number of carbonyl (C=O) groups excluding carboxylic acids is 1. The predicted molar refractivity (Wildman–Crippen MR) is 132 cm³/mol. The monoisotopic (exact) mass is 441 g/mol. The first-order valence-electron chi connectivity index (χ1n) is 12.1. The van der Waals surface area contributed by atoms with Crippen LogP contribution >= 0.6 is 0 Å². The minimum absolute atomic E-state index is 0.187. The molecule has 1 aliphatic carbocycles. The first-order chi connectivity index (χ1) is 16.3. The number of hydrogen-bond donors (Lipinski definition) is 1. The summed E-state index contributed by atoms with van der Waals surface area (Å²) in [5.74, 6) is 2.28. The van der Waals surface area contributed by atoms with Gasteiger partial charge >= 0.3 is 0 Å². The second-order valence-electron chi connectivity index (χ2n) is 8.87. The molecule has 1 aromatic heterocycles. The summed E-state index contributed by atoms with van der Waals surface area (Å²) in [5.41, 5.74) is 2.09. The molecule has 0 atom stereocenters. The smallest absolute Gasteiger partial charge is 0.223 e. The van der Waals surface area contributed by atoms with Gasteiger partial charge in [-0.3, -0.25) is 4.79 Å². The Bertz CT molecular complexity index is 1240. The molecule has 5 heteroatoms. The molecule has 1 N–H and O–H groups in total. The Labute approximate surface area is 194 Å². The summed E-state index contributed by atoms with van der Waals surface area (Å²) in [6.07, 6.45) is 6.36. The predicted octanol–water partition coefficient (Wildman–Crippen LogP) is 5.51. The van der Waals surface area contributed by atoms with E-state index in [1.165, 1.54) is 24.6 Å². The van der Waals surface area contributed by atoms with Crippen LogP contribution < -0.4 is 10.1 Å². The number of benzene rings is 3. The van der Waals surface area contributed by atoms with Gasteiger partial charge in [-0.2, -0.15) is 0 Å². The number of nitrogens with one attached hydrogen (secondary N) is 1. The van der Waals surface area contributed by atoms with Crippen LogP contribution in [-0.2, 0) is 17.8 Å². The zero-order valence-electron chi connectivity index (χ0n) is 19.0. The van der Waals surface area contributed by atoms with Crippen LogP contribution in [0.5, 0.6) is 5.75 Å². The van der Waals surface area contributed by atoms with Crippen LogP contribution in [0, 0.1) is 5.92 Å². The van der Waals surface area contributed by atoms with Crippen LogP contribution in [0.25, 0.3) is 21.8 Å². The van der Waals surface area contributed by atoms with E-state index in [0.29, 0.717) is 26.1 Å². The minimum Gasteiger partial charge on any atom is -0.491 e. The number of nitrogens with zero attached hydrogens (tertiary/aromatic N) is 2. The van der Waals surface area contributed by atoms with E-state index in [0.717, 1.165) is 40.8 Å². The molecule has 1 fully saturated rings. The van der Waals surface area contributed by atoms with Gasteiger partial charge in [0.2, 0.25) is 5.91 Å². The second kappa shape index (κ2) is 10.1. The Kier molecular flexibility index (Phi) is 6.56. The topological polar surface area (TPSA) is 56.2 Å². The third-order valence-corrected chi connectivity index (χ3v) is 6.68. The second-order valence-corrected chi connectivity index (χ2v) is 8.87. The van der Waals surface area contributed by atoms with Gasteiger partial charge in [0.15, 0.2) is 0 Å². The molecule has 4 aromatic rings. The Balaban J connectivity index is 1.26. The highest BCUT2D eigenvalue weighted by atomic mass is 16.5. The van der Waals surface area contributed by atoms with Gasteiger partial charge < -0.3 is 14.6 Å². The van der Waals surface area contributed by atoms with Gasteiger partial charge in [-0.25, -0.2) is 4.98 Å². The van der Waals surface area contributed by atoms with Crippen molar-refractivity contribution in [3.8, 4) is 5.75 Å². The molecule has 0 bridgehead atoms. The highest BCUT2D eigenvalue weighted by Gasteiger charge is 2.20. The zero-order valence-corrected chi connectivity index (χ0v) is 19.0. The van der Waals surface area contributed by atoms with E-state index >= 15 is 0 Å². The van der Waals surface area contributed by atoms with E-state index in [9.17, 15) is 4.79 Å². The van der Waals surface area contributed by atoms with Crippen LogP contribution in [-0.4, -0.2) is 28.6 Å². The van der Waals surface area contributed by atoms with Gasteiger partial charge in [-0.15, -0.1) is 0 Å². The molecule has 3 aromatic carbocycles. The number of fused-ring (bicyclic) bond motifs is 2. The van der Waals surface area contributed by atoms with Crippen LogP contribution in [0.15, 0.2) is 66.7 Å². The number of para-hydroxylation sites is 2. The SMILES string of the molecule is O=C(NCCc1nc2ccccc2n1CCOc1cccc2ccccc12)C1CCCCC1. The highest BCUT2D eigenvalue weighted by molar-refractivity contribution is 5.88. The molecule has 0 unspecified atom stereocenters. The van der Waals surface area contributed by atoms with Crippen LogP contribution in [0.4, 0.5) is 0 Å². The Morgan fingerprint density at radius 2 is 1.76 bits per heavy atom. The number of aromatic nitrogens is 2. The lowest BCUT2D eigenvalue weighted by Crippen LogP contribution is -2.33. The van der Waals surface area contributed by atoms with Crippen molar-refractivity contribution in [1.29, 1.82) is 0 Å². The largest absolute Gasteiger partial charge is 0.491 e. The van der Waals surface area contributed by atoms with Gasteiger partial charge in [0, 0.05) is 24.3 Å². The van der Waals surface area contributed by atoms with Gasteiger partial charge in [-0.05, 0) is 36.4 Å². The van der Waals surface area contributed by atoms with Gasteiger partial charge in [0.1, 0.15) is 18.2 Å². The van der Waals surface area contributed by atoms with Crippen molar-refractivity contribution in [2.24, 2.45) is 5.92 Å².